The lowest BCUT2D eigenvalue weighted by atomic mass is 10.0. The standard InChI is InChI=1S/C20H24O6/c21-11-16(22)17-18(24-12-14-7-3-1-4-8-14)19(20(23)26-17)25-13-15-9-5-2-6-10-15/h1-5,7-9,16-19,21-22H,6,10-13H2/t16-,17?,18?,19?/m0/s1. The first-order chi connectivity index (χ1) is 12.7. The number of aliphatic hydroxyl groups excluding tert-OH is 2. The summed E-state index contributed by atoms with van der Waals surface area (Å²) in [6.45, 7) is 0.0329. The van der Waals surface area contributed by atoms with Gasteiger partial charge in [0, 0.05) is 0 Å². The molecule has 0 saturated carbocycles. The van der Waals surface area contributed by atoms with Crippen molar-refractivity contribution in [2.45, 2.75) is 43.9 Å². The number of benzene rings is 1. The summed E-state index contributed by atoms with van der Waals surface area (Å²) in [7, 11) is 0. The molecule has 2 aliphatic rings. The van der Waals surface area contributed by atoms with E-state index in [9.17, 15) is 15.0 Å². The van der Waals surface area contributed by atoms with Gasteiger partial charge < -0.3 is 24.4 Å². The second-order valence-electron chi connectivity index (χ2n) is 6.44. The molecule has 0 bridgehead atoms. The van der Waals surface area contributed by atoms with Gasteiger partial charge in [-0.25, -0.2) is 4.79 Å². The average molecular weight is 360 g/mol. The van der Waals surface area contributed by atoms with Crippen LogP contribution in [0, 0.1) is 0 Å². The highest BCUT2D eigenvalue weighted by Gasteiger charge is 2.49. The van der Waals surface area contributed by atoms with Gasteiger partial charge in [0.1, 0.15) is 12.2 Å². The van der Waals surface area contributed by atoms with Crippen LogP contribution in [-0.4, -0.2) is 53.8 Å². The van der Waals surface area contributed by atoms with Crippen LogP contribution in [0.1, 0.15) is 18.4 Å². The zero-order valence-corrected chi connectivity index (χ0v) is 14.5. The minimum Gasteiger partial charge on any atom is -0.455 e. The van der Waals surface area contributed by atoms with E-state index in [2.05, 4.69) is 6.08 Å². The van der Waals surface area contributed by atoms with Crippen molar-refractivity contribution >= 4 is 5.97 Å². The van der Waals surface area contributed by atoms with Crippen LogP contribution in [-0.2, 0) is 25.6 Å². The van der Waals surface area contributed by atoms with Gasteiger partial charge >= 0.3 is 5.97 Å². The number of allylic oxidation sites excluding steroid dienone is 3. The molecule has 2 N–H and O–H groups in total. The molecule has 0 amide bonds. The van der Waals surface area contributed by atoms with E-state index >= 15 is 0 Å². The van der Waals surface area contributed by atoms with Gasteiger partial charge in [-0.05, 0) is 24.0 Å². The van der Waals surface area contributed by atoms with Gasteiger partial charge in [0.2, 0.25) is 0 Å². The van der Waals surface area contributed by atoms with Crippen molar-refractivity contribution in [1.82, 2.24) is 0 Å². The van der Waals surface area contributed by atoms with E-state index in [0.717, 1.165) is 24.0 Å². The number of esters is 1. The fourth-order valence-electron chi connectivity index (χ4n) is 3.06. The smallest absolute Gasteiger partial charge is 0.338 e. The van der Waals surface area contributed by atoms with E-state index in [1.54, 1.807) is 0 Å². The van der Waals surface area contributed by atoms with Gasteiger partial charge in [-0.3, -0.25) is 0 Å². The Morgan fingerprint density at radius 1 is 1.19 bits per heavy atom. The number of aliphatic hydroxyl groups is 2. The van der Waals surface area contributed by atoms with Gasteiger partial charge in [0.25, 0.3) is 0 Å². The molecular weight excluding hydrogens is 336 g/mol. The molecule has 1 aromatic rings. The molecule has 6 nitrogen and oxygen atoms in total. The number of carbonyl (C=O) groups excluding carboxylic acids is 1. The van der Waals surface area contributed by atoms with Crippen LogP contribution in [0.3, 0.4) is 0 Å². The van der Waals surface area contributed by atoms with Crippen molar-refractivity contribution in [1.29, 1.82) is 0 Å². The molecule has 0 aromatic heterocycles. The van der Waals surface area contributed by atoms with E-state index in [4.69, 9.17) is 14.2 Å². The lowest BCUT2D eigenvalue weighted by Crippen LogP contribution is -2.43. The molecular formula is C20H24O6. The van der Waals surface area contributed by atoms with Crippen LogP contribution in [0.5, 0.6) is 0 Å². The SMILES string of the molecule is O=C1OC([C@@H](O)CO)C(OCc2ccccc2)C1OCC1=CC=CCC1. The zero-order valence-electron chi connectivity index (χ0n) is 14.5. The molecule has 0 radical (unpaired) electrons. The maximum atomic E-state index is 12.2. The maximum Gasteiger partial charge on any atom is 0.338 e. The largest absolute Gasteiger partial charge is 0.455 e. The highest BCUT2D eigenvalue weighted by Crippen LogP contribution is 2.27. The predicted molar refractivity (Wildman–Crippen MR) is 94.2 cm³/mol. The van der Waals surface area contributed by atoms with Gasteiger partial charge in [-0.2, -0.15) is 0 Å². The molecule has 3 unspecified atom stereocenters. The predicted octanol–water partition coefficient (Wildman–Crippen LogP) is 1.51. The summed E-state index contributed by atoms with van der Waals surface area (Å²) in [5.74, 6) is -0.576. The third kappa shape index (κ3) is 4.59. The van der Waals surface area contributed by atoms with E-state index in [0.29, 0.717) is 6.61 Å². The lowest BCUT2D eigenvalue weighted by molar-refractivity contribution is -0.152. The molecule has 6 heteroatoms. The first-order valence-corrected chi connectivity index (χ1v) is 8.80. The van der Waals surface area contributed by atoms with Gasteiger partial charge in [-0.1, -0.05) is 48.6 Å². The minimum absolute atomic E-state index is 0.252. The fraction of sp³-hybridized carbons (Fsp3) is 0.450. The van der Waals surface area contributed by atoms with Gasteiger partial charge in [-0.15, -0.1) is 0 Å². The average Bonchev–Trinajstić information content (AvgIpc) is 3.01. The van der Waals surface area contributed by atoms with Crippen LogP contribution < -0.4 is 0 Å². The van der Waals surface area contributed by atoms with Gasteiger partial charge in [0.15, 0.2) is 12.2 Å². The molecule has 4 atom stereocenters. The Balaban J connectivity index is 1.68. The van der Waals surface area contributed by atoms with Crippen LogP contribution >= 0.6 is 0 Å². The summed E-state index contributed by atoms with van der Waals surface area (Å²) in [6.07, 6.45) is 3.96. The highest BCUT2D eigenvalue weighted by molar-refractivity contribution is 5.78. The molecule has 26 heavy (non-hydrogen) atoms. The number of ether oxygens (including phenoxy) is 3. The summed E-state index contributed by atoms with van der Waals surface area (Å²) in [4.78, 5) is 12.2. The van der Waals surface area contributed by atoms with Crippen molar-refractivity contribution in [2.24, 2.45) is 0 Å². The lowest BCUT2D eigenvalue weighted by Gasteiger charge is -2.24. The highest BCUT2D eigenvalue weighted by atomic mass is 16.6. The van der Waals surface area contributed by atoms with Crippen molar-refractivity contribution < 1.29 is 29.2 Å². The normalized spacial score (nSPS) is 26.5. The second-order valence-corrected chi connectivity index (χ2v) is 6.44. The van der Waals surface area contributed by atoms with Gasteiger partial charge in [0.05, 0.1) is 19.8 Å². The first kappa shape index (κ1) is 18.8. The number of carbonyl (C=O) groups is 1. The Kier molecular flexibility index (Phi) is 6.57. The Bertz CT molecular complexity index is 654. The van der Waals surface area contributed by atoms with Crippen molar-refractivity contribution in [3.8, 4) is 0 Å². The van der Waals surface area contributed by atoms with Crippen molar-refractivity contribution in [3.63, 3.8) is 0 Å². The first-order valence-electron chi connectivity index (χ1n) is 8.80. The Labute approximate surface area is 152 Å². The monoisotopic (exact) mass is 360 g/mol. The molecule has 1 heterocycles. The summed E-state index contributed by atoms with van der Waals surface area (Å²) in [6, 6.07) is 9.51. The Morgan fingerprint density at radius 3 is 2.69 bits per heavy atom. The van der Waals surface area contributed by atoms with Crippen molar-refractivity contribution in [3.05, 3.63) is 59.7 Å². The number of hydrogen-bond acceptors (Lipinski definition) is 6. The molecule has 3 rings (SSSR count). The molecule has 1 saturated heterocycles. The summed E-state index contributed by atoms with van der Waals surface area (Å²) < 4.78 is 16.9. The third-order valence-corrected chi connectivity index (χ3v) is 4.51. The Hall–Kier alpha value is -1.99. The van der Waals surface area contributed by atoms with Crippen LogP contribution in [0.15, 0.2) is 54.1 Å². The van der Waals surface area contributed by atoms with Crippen LogP contribution in [0.25, 0.3) is 0 Å². The maximum absolute atomic E-state index is 12.2. The molecule has 1 fully saturated rings. The topological polar surface area (TPSA) is 85.2 Å². The van der Waals surface area contributed by atoms with E-state index in [1.165, 1.54) is 0 Å². The molecule has 1 aliphatic heterocycles. The quantitative estimate of drug-likeness (QED) is 0.684. The second kappa shape index (κ2) is 9.09. The molecule has 140 valence electrons. The zero-order chi connectivity index (χ0) is 18.4. The molecule has 1 aromatic carbocycles. The number of rotatable bonds is 8. The summed E-state index contributed by atoms with van der Waals surface area (Å²) in [5, 5.41) is 19.2. The molecule has 0 spiro atoms. The number of hydrogen-bond donors (Lipinski definition) is 2. The summed E-state index contributed by atoms with van der Waals surface area (Å²) in [5.41, 5.74) is 2.02. The van der Waals surface area contributed by atoms with Crippen LogP contribution in [0.4, 0.5) is 0 Å². The minimum atomic E-state index is -1.22. The van der Waals surface area contributed by atoms with Crippen LogP contribution in [0.2, 0.25) is 0 Å². The number of cyclic esters (lactones) is 1. The van der Waals surface area contributed by atoms with E-state index in [1.807, 2.05) is 42.5 Å². The molecule has 1 aliphatic carbocycles. The fourth-order valence-corrected chi connectivity index (χ4v) is 3.06. The van der Waals surface area contributed by atoms with E-state index < -0.39 is 37.0 Å². The van der Waals surface area contributed by atoms with Crippen molar-refractivity contribution in [2.75, 3.05) is 13.2 Å². The van der Waals surface area contributed by atoms with E-state index in [-0.39, 0.29) is 6.61 Å². The Morgan fingerprint density at radius 2 is 2.00 bits per heavy atom. The summed E-state index contributed by atoms with van der Waals surface area (Å²) >= 11 is 0. The third-order valence-electron chi connectivity index (χ3n) is 4.51.